The molecule has 0 saturated heterocycles. The second-order valence-corrected chi connectivity index (χ2v) is 5.59. The highest BCUT2D eigenvalue weighted by Crippen LogP contribution is 2.59. The van der Waals surface area contributed by atoms with Crippen LogP contribution in [0.25, 0.3) is 0 Å². The van der Waals surface area contributed by atoms with Crippen LogP contribution in [0.5, 0.6) is 0 Å². The van der Waals surface area contributed by atoms with Gasteiger partial charge in [-0.15, -0.1) is 0 Å². The molecule has 0 heterocycles. The zero-order chi connectivity index (χ0) is 12.9. The van der Waals surface area contributed by atoms with Gasteiger partial charge < -0.3 is 4.74 Å². The lowest BCUT2D eigenvalue weighted by Gasteiger charge is -2.52. The van der Waals surface area contributed by atoms with E-state index in [-0.39, 0.29) is 29.4 Å². The van der Waals surface area contributed by atoms with Crippen LogP contribution in [0, 0.1) is 17.3 Å². The minimum atomic E-state index is -0.410. The molecule has 0 unspecified atom stereocenters. The zero-order valence-electron chi connectivity index (χ0n) is 10.4. The molecule has 0 N–H and O–H groups in total. The van der Waals surface area contributed by atoms with Gasteiger partial charge in [0.25, 0.3) is 0 Å². The molecule has 4 nitrogen and oxygen atoms in total. The smallest absolute Gasteiger partial charge is 0.309 e. The number of carbonyl (C=O) groups excluding carboxylic acids is 3. The fourth-order valence-corrected chi connectivity index (χ4v) is 3.95. The van der Waals surface area contributed by atoms with Crippen molar-refractivity contribution in [2.75, 3.05) is 7.11 Å². The lowest BCUT2D eigenvalue weighted by atomic mass is 9.49. The minimum absolute atomic E-state index is 0.0140. The molecular formula is C14H16O4. The van der Waals surface area contributed by atoms with Gasteiger partial charge in [-0.05, 0) is 31.8 Å². The Balaban J connectivity index is 2.09. The Morgan fingerprint density at radius 1 is 1.39 bits per heavy atom. The van der Waals surface area contributed by atoms with Gasteiger partial charge in [-0.3, -0.25) is 14.4 Å². The van der Waals surface area contributed by atoms with Crippen molar-refractivity contribution in [1.82, 2.24) is 0 Å². The molecule has 4 aliphatic carbocycles. The second kappa shape index (κ2) is 3.77. The van der Waals surface area contributed by atoms with Crippen molar-refractivity contribution in [3.05, 3.63) is 11.6 Å². The van der Waals surface area contributed by atoms with Gasteiger partial charge in [0.15, 0.2) is 11.6 Å². The van der Waals surface area contributed by atoms with Crippen LogP contribution >= 0.6 is 0 Å². The Morgan fingerprint density at radius 3 is 2.89 bits per heavy atom. The quantitative estimate of drug-likeness (QED) is 0.659. The molecular weight excluding hydrogens is 232 g/mol. The predicted molar refractivity (Wildman–Crippen MR) is 62.6 cm³/mol. The molecule has 0 aromatic carbocycles. The average molecular weight is 248 g/mol. The van der Waals surface area contributed by atoms with Crippen LogP contribution < -0.4 is 0 Å². The third kappa shape index (κ3) is 1.35. The van der Waals surface area contributed by atoms with E-state index in [1.165, 1.54) is 13.2 Å². The number of esters is 1. The van der Waals surface area contributed by atoms with Crippen molar-refractivity contribution in [1.29, 1.82) is 0 Å². The zero-order valence-corrected chi connectivity index (χ0v) is 10.4. The van der Waals surface area contributed by atoms with E-state index in [4.69, 9.17) is 4.74 Å². The van der Waals surface area contributed by atoms with Gasteiger partial charge in [-0.2, -0.15) is 0 Å². The topological polar surface area (TPSA) is 60.4 Å². The molecule has 3 saturated carbocycles. The third-order valence-corrected chi connectivity index (χ3v) is 4.91. The second-order valence-electron chi connectivity index (χ2n) is 5.59. The number of hydrogen-bond donors (Lipinski definition) is 0. The van der Waals surface area contributed by atoms with E-state index in [1.54, 1.807) is 0 Å². The average Bonchev–Trinajstić information content (AvgIpc) is 2.39. The lowest BCUT2D eigenvalue weighted by Crippen LogP contribution is -2.53. The summed E-state index contributed by atoms with van der Waals surface area (Å²) in [6.45, 7) is 0. The maximum Gasteiger partial charge on any atom is 0.309 e. The van der Waals surface area contributed by atoms with Gasteiger partial charge in [0.05, 0.1) is 13.0 Å². The summed E-state index contributed by atoms with van der Waals surface area (Å²) in [7, 11) is 1.39. The SMILES string of the molecule is COC(=O)[C@H]1C[C@@H]2CC[C@]13CCC(=O)C=C3C2=O. The molecule has 4 aliphatic rings. The number of rotatable bonds is 1. The van der Waals surface area contributed by atoms with Crippen LogP contribution in [0.15, 0.2) is 11.6 Å². The molecule has 0 radical (unpaired) electrons. The van der Waals surface area contributed by atoms with Crippen LogP contribution in [-0.4, -0.2) is 24.6 Å². The van der Waals surface area contributed by atoms with Crippen molar-refractivity contribution < 1.29 is 19.1 Å². The predicted octanol–water partition coefficient (Wildman–Crippen LogP) is 1.43. The normalized spacial score (nSPS) is 38.2. The van der Waals surface area contributed by atoms with Crippen LogP contribution in [-0.2, 0) is 19.1 Å². The molecule has 0 aromatic heterocycles. The summed E-state index contributed by atoms with van der Waals surface area (Å²) >= 11 is 0. The van der Waals surface area contributed by atoms with Gasteiger partial charge >= 0.3 is 5.97 Å². The van der Waals surface area contributed by atoms with E-state index in [1.807, 2.05) is 0 Å². The summed E-state index contributed by atoms with van der Waals surface area (Å²) in [6.07, 6.45) is 4.83. The molecule has 0 aliphatic heterocycles. The number of fused-ring (bicyclic) bond motifs is 2. The molecule has 0 aromatic rings. The van der Waals surface area contributed by atoms with Crippen LogP contribution in [0.2, 0.25) is 0 Å². The largest absolute Gasteiger partial charge is 0.469 e. The first-order valence-corrected chi connectivity index (χ1v) is 6.45. The van der Waals surface area contributed by atoms with Crippen LogP contribution in [0.3, 0.4) is 0 Å². The third-order valence-electron chi connectivity index (χ3n) is 4.91. The Morgan fingerprint density at radius 2 is 2.17 bits per heavy atom. The van der Waals surface area contributed by atoms with E-state index in [9.17, 15) is 14.4 Å². The highest BCUT2D eigenvalue weighted by molar-refractivity contribution is 6.08. The fourth-order valence-electron chi connectivity index (χ4n) is 3.95. The molecule has 4 heteroatoms. The van der Waals surface area contributed by atoms with E-state index >= 15 is 0 Å². The summed E-state index contributed by atoms with van der Waals surface area (Å²) in [5, 5.41) is 0. The van der Waals surface area contributed by atoms with Crippen molar-refractivity contribution in [2.24, 2.45) is 17.3 Å². The number of ether oxygens (including phenoxy) is 1. The van der Waals surface area contributed by atoms with E-state index in [2.05, 4.69) is 0 Å². The number of allylic oxidation sites excluding steroid dienone is 2. The van der Waals surface area contributed by atoms with Crippen molar-refractivity contribution >= 4 is 17.5 Å². The summed E-state index contributed by atoms with van der Waals surface area (Å²) < 4.78 is 4.89. The molecule has 96 valence electrons. The van der Waals surface area contributed by atoms with Gasteiger partial charge in [0.2, 0.25) is 0 Å². The summed E-state index contributed by atoms with van der Waals surface area (Å²) in [6, 6.07) is 0. The number of methoxy groups -OCH3 is 1. The Labute approximate surface area is 105 Å². The summed E-state index contributed by atoms with van der Waals surface area (Å²) in [5.74, 6) is -0.450. The van der Waals surface area contributed by atoms with Gasteiger partial charge in [-0.1, -0.05) is 0 Å². The maximum atomic E-state index is 12.2. The monoisotopic (exact) mass is 248 g/mol. The Hall–Kier alpha value is -1.45. The van der Waals surface area contributed by atoms with Crippen molar-refractivity contribution in [2.45, 2.75) is 32.1 Å². The number of carbonyl (C=O) groups is 3. The van der Waals surface area contributed by atoms with Gasteiger partial charge in [0, 0.05) is 23.3 Å². The molecule has 3 atom stereocenters. The minimum Gasteiger partial charge on any atom is -0.469 e. The Bertz CT molecular complexity index is 476. The van der Waals surface area contributed by atoms with Gasteiger partial charge in [0.1, 0.15) is 0 Å². The summed E-state index contributed by atoms with van der Waals surface area (Å²) in [5.41, 5.74) is 0.198. The molecule has 2 bridgehead atoms. The molecule has 4 rings (SSSR count). The lowest BCUT2D eigenvalue weighted by molar-refractivity contribution is -0.157. The molecule has 18 heavy (non-hydrogen) atoms. The fraction of sp³-hybridized carbons (Fsp3) is 0.643. The molecule has 3 fully saturated rings. The number of hydrogen-bond acceptors (Lipinski definition) is 4. The highest BCUT2D eigenvalue weighted by Gasteiger charge is 2.58. The van der Waals surface area contributed by atoms with E-state index in [0.29, 0.717) is 24.8 Å². The van der Waals surface area contributed by atoms with Crippen molar-refractivity contribution in [3.8, 4) is 0 Å². The summed E-state index contributed by atoms with van der Waals surface area (Å²) in [4.78, 5) is 35.7. The molecule has 0 amide bonds. The first-order chi connectivity index (χ1) is 8.58. The van der Waals surface area contributed by atoms with Crippen molar-refractivity contribution in [3.63, 3.8) is 0 Å². The first kappa shape index (κ1) is 11.6. The first-order valence-electron chi connectivity index (χ1n) is 6.45. The maximum absolute atomic E-state index is 12.2. The Kier molecular flexibility index (Phi) is 2.44. The van der Waals surface area contributed by atoms with E-state index < -0.39 is 5.41 Å². The van der Waals surface area contributed by atoms with Gasteiger partial charge in [-0.25, -0.2) is 0 Å². The van der Waals surface area contributed by atoms with Crippen LogP contribution in [0.1, 0.15) is 32.1 Å². The van der Waals surface area contributed by atoms with E-state index in [0.717, 1.165) is 12.8 Å². The number of Topliss-reactive ketones (excluding diaryl/α,β-unsaturated/α-hetero) is 1. The van der Waals surface area contributed by atoms with Crippen LogP contribution in [0.4, 0.5) is 0 Å². The molecule has 1 spiro atoms. The standard InChI is InChI=1S/C14H16O4/c1-18-13(17)11-6-8-2-4-14(11)5-3-9(15)7-10(14)12(8)16/h7-8,11H,2-6H2,1H3/t8-,11+,14+/m0/s1. The highest BCUT2D eigenvalue weighted by atomic mass is 16.5. The number of ketones is 2.